The van der Waals surface area contributed by atoms with E-state index in [0.717, 1.165) is 19.4 Å². The van der Waals surface area contributed by atoms with Gasteiger partial charge in [0.1, 0.15) is 0 Å². The monoisotopic (exact) mass is 252 g/mol. The summed E-state index contributed by atoms with van der Waals surface area (Å²) in [7, 11) is 0. The summed E-state index contributed by atoms with van der Waals surface area (Å²) in [6.07, 6.45) is 8.31. The molecular formula is C15H28N2O. The van der Waals surface area contributed by atoms with Gasteiger partial charge in [-0.15, -0.1) is 0 Å². The van der Waals surface area contributed by atoms with Crippen molar-refractivity contribution in [2.24, 2.45) is 17.1 Å². The van der Waals surface area contributed by atoms with Crippen LogP contribution in [0.1, 0.15) is 58.8 Å². The molecule has 0 aliphatic heterocycles. The van der Waals surface area contributed by atoms with Crippen molar-refractivity contribution in [3.63, 3.8) is 0 Å². The molecule has 0 saturated heterocycles. The van der Waals surface area contributed by atoms with Gasteiger partial charge in [-0.25, -0.2) is 0 Å². The third kappa shape index (κ3) is 3.05. The molecule has 2 saturated carbocycles. The van der Waals surface area contributed by atoms with Crippen molar-refractivity contribution in [1.82, 2.24) is 4.90 Å². The van der Waals surface area contributed by atoms with Gasteiger partial charge in [0.05, 0.1) is 0 Å². The molecule has 0 spiro atoms. The van der Waals surface area contributed by atoms with Gasteiger partial charge in [-0.05, 0) is 37.6 Å². The zero-order valence-electron chi connectivity index (χ0n) is 12.0. The van der Waals surface area contributed by atoms with Gasteiger partial charge in [-0.3, -0.25) is 4.79 Å². The van der Waals surface area contributed by atoms with E-state index in [9.17, 15) is 4.79 Å². The lowest BCUT2D eigenvalue weighted by Crippen LogP contribution is -2.44. The summed E-state index contributed by atoms with van der Waals surface area (Å²) in [4.78, 5) is 14.8. The van der Waals surface area contributed by atoms with Gasteiger partial charge in [-0.1, -0.05) is 33.1 Å². The minimum absolute atomic E-state index is 0.243. The molecule has 3 nitrogen and oxygen atoms in total. The van der Waals surface area contributed by atoms with Crippen molar-refractivity contribution in [2.45, 2.75) is 64.8 Å². The number of nitrogens with zero attached hydrogens (tertiary/aromatic N) is 1. The maximum absolute atomic E-state index is 12.6. The van der Waals surface area contributed by atoms with Crippen molar-refractivity contribution in [2.75, 3.05) is 13.1 Å². The summed E-state index contributed by atoms with van der Waals surface area (Å²) in [5.74, 6) is 0.678. The van der Waals surface area contributed by atoms with Crippen LogP contribution >= 0.6 is 0 Å². The number of amides is 1. The first-order valence-electron chi connectivity index (χ1n) is 7.57. The van der Waals surface area contributed by atoms with Crippen LogP contribution in [0.2, 0.25) is 0 Å². The molecule has 3 heteroatoms. The van der Waals surface area contributed by atoms with Gasteiger partial charge in [-0.2, -0.15) is 0 Å². The summed E-state index contributed by atoms with van der Waals surface area (Å²) in [6, 6.07) is 0.495. The topological polar surface area (TPSA) is 46.3 Å². The van der Waals surface area contributed by atoms with Gasteiger partial charge < -0.3 is 10.6 Å². The smallest absolute Gasteiger partial charge is 0.226 e. The van der Waals surface area contributed by atoms with Gasteiger partial charge in [0.15, 0.2) is 0 Å². The molecule has 1 atom stereocenters. The first-order chi connectivity index (χ1) is 8.56. The number of hydrogen-bond donors (Lipinski definition) is 1. The van der Waals surface area contributed by atoms with Crippen LogP contribution in [0.3, 0.4) is 0 Å². The minimum Gasteiger partial charge on any atom is -0.339 e. The van der Waals surface area contributed by atoms with E-state index in [4.69, 9.17) is 5.73 Å². The molecule has 2 aliphatic rings. The van der Waals surface area contributed by atoms with E-state index in [2.05, 4.69) is 18.7 Å². The van der Waals surface area contributed by atoms with Crippen LogP contribution in [0.15, 0.2) is 0 Å². The highest BCUT2D eigenvalue weighted by molar-refractivity contribution is 5.82. The van der Waals surface area contributed by atoms with E-state index in [1.165, 1.54) is 32.1 Å². The summed E-state index contributed by atoms with van der Waals surface area (Å²) in [5, 5.41) is 0. The number of carbonyl (C=O) groups excluding carboxylic acids is 1. The van der Waals surface area contributed by atoms with E-state index >= 15 is 0 Å². The molecule has 0 aromatic heterocycles. The second kappa shape index (κ2) is 5.60. The van der Waals surface area contributed by atoms with Gasteiger partial charge in [0, 0.05) is 18.5 Å². The van der Waals surface area contributed by atoms with E-state index in [1.807, 2.05) is 0 Å². The molecule has 2 fully saturated rings. The summed E-state index contributed by atoms with van der Waals surface area (Å²) in [6.45, 7) is 5.96. The molecule has 2 N–H and O–H groups in total. The maximum atomic E-state index is 12.6. The molecule has 0 aromatic rings. The molecule has 2 aliphatic carbocycles. The van der Waals surface area contributed by atoms with Crippen molar-refractivity contribution < 1.29 is 4.79 Å². The third-order valence-corrected chi connectivity index (χ3v) is 4.71. The SMILES string of the molecule is CC1(C)CC1C(=O)N(CCCN)C1CCCCC1. The zero-order valence-corrected chi connectivity index (χ0v) is 12.0. The Morgan fingerprint density at radius 3 is 2.39 bits per heavy atom. The Balaban J connectivity index is 1.97. The maximum Gasteiger partial charge on any atom is 0.226 e. The van der Waals surface area contributed by atoms with Gasteiger partial charge >= 0.3 is 0 Å². The standard InChI is InChI=1S/C15H28N2O/c1-15(2)11-13(15)14(18)17(10-6-9-16)12-7-4-3-5-8-12/h12-13H,3-11,16H2,1-2H3. The molecular weight excluding hydrogens is 224 g/mol. The van der Waals surface area contributed by atoms with E-state index in [0.29, 0.717) is 18.5 Å². The lowest BCUT2D eigenvalue weighted by Gasteiger charge is -2.35. The number of rotatable bonds is 5. The van der Waals surface area contributed by atoms with E-state index in [-0.39, 0.29) is 11.3 Å². The van der Waals surface area contributed by atoms with E-state index in [1.54, 1.807) is 0 Å². The molecule has 0 aromatic carbocycles. The summed E-state index contributed by atoms with van der Waals surface area (Å²) < 4.78 is 0. The Kier molecular flexibility index (Phi) is 4.31. The predicted octanol–water partition coefficient (Wildman–Crippen LogP) is 2.54. The van der Waals surface area contributed by atoms with Crippen LogP contribution in [-0.4, -0.2) is 29.9 Å². The molecule has 2 rings (SSSR count). The summed E-state index contributed by atoms with van der Waals surface area (Å²) >= 11 is 0. The second-order valence-electron chi connectivity index (χ2n) is 6.71. The Morgan fingerprint density at radius 1 is 1.28 bits per heavy atom. The van der Waals surface area contributed by atoms with Crippen LogP contribution in [0.4, 0.5) is 0 Å². The fraction of sp³-hybridized carbons (Fsp3) is 0.933. The Morgan fingerprint density at radius 2 is 1.89 bits per heavy atom. The normalized spacial score (nSPS) is 26.9. The quantitative estimate of drug-likeness (QED) is 0.817. The number of nitrogens with two attached hydrogens (primary N) is 1. The Labute approximate surface area is 111 Å². The minimum atomic E-state index is 0.243. The molecule has 1 amide bonds. The van der Waals surface area contributed by atoms with Crippen LogP contribution < -0.4 is 5.73 Å². The van der Waals surface area contributed by atoms with Gasteiger partial charge in [0.25, 0.3) is 0 Å². The highest BCUT2D eigenvalue weighted by atomic mass is 16.2. The highest BCUT2D eigenvalue weighted by Crippen LogP contribution is 2.52. The van der Waals surface area contributed by atoms with Gasteiger partial charge in [0.2, 0.25) is 5.91 Å². The highest BCUT2D eigenvalue weighted by Gasteiger charge is 2.52. The zero-order chi connectivity index (χ0) is 13.2. The predicted molar refractivity (Wildman–Crippen MR) is 74.1 cm³/mol. The molecule has 18 heavy (non-hydrogen) atoms. The average Bonchev–Trinajstić information content (AvgIpc) is 3.00. The molecule has 1 unspecified atom stereocenters. The van der Waals surface area contributed by atoms with Crippen LogP contribution in [0, 0.1) is 11.3 Å². The van der Waals surface area contributed by atoms with Crippen molar-refractivity contribution in [3.05, 3.63) is 0 Å². The summed E-state index contributed by atoms with van der Waals surface area (Å²) in [5.41, 5.74) is 5.86. The fourth-order valence-electron chi connectivity index (χ4n) is 3.22. The Bertz CT molecular complexity index is 295. The van der Waals surface area contributed by atoms with Crippen molar-refractivity contribution >= 4 is 5.91 Å². The lowest BCUT2D eigenvalue weighted by atomic mass is 9.93. The molecule has 104 valence electrons. The van der Waals surface area contributed by atoms with Crippen molar-refractivity contribution in [1.29, 1.82) is 0 Å². The number of hydrogen-bond acceptors (Lipinski definition) is 2. The average molecular weight is 252 g/mol. The molecule has 0 bridgehead atoms. The first kappa shape index (κ1) is 13.9. The third-order valence-electron chi connectivity index (χ3n) is 4.71. The van der Waals surface area contributed by atoms with E-state index < -0.39 is 0 Å². The first-order valence-corrected chi connectivity index (χ1v) is 7.57. The molecule has 0 radical (unpaired) electrons. The lowest BCUT2D eigenvalue weighted by molar-refractivity contribution is -0.136. The molecule has 0 heterocycles. The largest absolute Gasteiger partial charge is 0.339 e. The van der Waals surface area contributed by atoms with Crippen LogP contribution in [0.5, 0.6) is 0 Å². The second-order valence-corrected chi connectivity index (χ2v) is 6.71. The number of carbonyl (C=O) groups is 1. The van der Waals surface area contributed by atoms with Crippen LogP contribution in [-0.2, 0) is 4.79 Å². The fourth-order valence-corrected chi connectivity index (χ4v) is 3.22. The van der Waals surface area contributed by atoms with Crippen LogP contribution in [0.25, 0.3) is 0 Å². The Hall–Kier alpha value is -0.570. The van der Waals surface area contributed by atoms with Crippen molar-refractivity contribution in [3.8, 4) is 0 Å².